The zero-order valence-corrected chi connectivity index (χ0v) is 9.80. The summed E-state index contributed by atoms with van der Waals surface area (Å²) in [6.45, 7) is 3.96. The number of rotatable bonds is 7. The lowest BCUT2D eigenvalue weighted by atomic mass is 10.2. The zero-order chi connectivity index (χ0) is 11.8. The van der Waals surface area contributed by atoms with Gasteiger partial charge in [-0.3, -0.25) is 13.8 Å². The summed E-state index contributed by atoms with van der Waals surface area (Å²) in [5, 5.41) is 11.2. The van der Waals surface area contributed by atoms with E-state index in [0.29, 0.717) is 6.54 Å². The fourth-order valence-electron chi connectivity index (χ4n) is 0.871. The minimum atomic E-state index is -1.40. The Kier molecular flexibility index (Phi) is 6.94. The molecular weight excluding hydrogens is 218 g/mol. The molecule has 5 nitrogen and oxygen atoms in total. The standard InChI is InChI=1S/C9H17NO4S/c1-3-4-10-8(11)6-15(14)5-7(2)9(12)13/h7H,3-6H2,1-2H3,(H,10,11)(H,12,13). The maximum atomic E-state index is 11.3. The Morgan fingerprint density at radius 2 is 2.07 bits per heavy atom. The Bertz CT molecular complexity index is 254. The number of carbonyl (C=O) groups excluding carboxylic acids is 1. The number of hydrogen-bond donors (Lipinski definition) is 2. The molecule has 0 heterocycles. The van der Waals surface area contributed by atoms with Crippen LogP contribution in [0.3, 0.4) is 0 Å². The fourth-order valence-corrected chi connectivity index (χ4v) is 2.08. The van der Waals surface area contributed by atoms with Crippen molar-refractivity contribution >= 4 is 22.7 Å². The molecule has 15 heavy (non-hydrogen) atoms. The van der Waals surface area contributed by atoms with E-state index in [4.69, 9.17) is 5.11 Å². The van der Waals surface area contributed by atoms with E-state index in [1.807, 2.05) is 6.92 Å². The van der Waals surface area contributed by atoms with Crippen LogP contribution in [-0.2, 0) is 20.4 Å². The molecule has 0 rings (SSSR count). The van der Waals surface area contributed by atoms with Crippen LogP contribution in [0.1, 0.15) is 20.3 Å². The normalized spacial score (nSPS) is 14.3. The molecule has 0 aliphatic heterocycles. The topological polar surface area (TPSA) is 83.5 Å². The van der Waals surface area contributed by atoms with Crippen molar-refractivity contribution < 1.29 is 18.9 Å². The van der Waals surface area contributed by atoms with Gasteiger partial charge in [-0.15, -0.1) is 0 Å². The summed E-state index contributed by atoms with van der Waals surface area (Å²) in [5.41, 5.74) is 0. The van der Waals surface area contributed by atoms with Crippen LogP contribution in [0, 0.1) is 5.92 Å². The molecule has 0 bridgehead atoms. The van der Waals surface area contributed by atoms with Gasteiger partial charge < -0.3 is 10.4 Å². The molecule has 0 aromatic carbocycles. The second-order valence-corrected chi connectivity index (χ2v) is 4.84. The van der Waals surface area contributed by atoms with Crippen molar-refractivity contribution in [3.63, 3.8) is 0 Å². The minimum Gasteiger partial charge on any atom is -0.481 e. The Hall–Kier alpha value is -0.910. The summed E-state index contributed by atoms with van der Waals surface area (Å²) < 4.78 is 11.3. The maximum Gasteiger partial charge on any atom is 0.307 e. The first-order valence-electron chi connectivity index (χ1n) is 4.81. The predicted molar refractivity (Wildman–Crippen MR) is 58.0 cm³/mol. The quantitative estimate of drug-likeness (QED) is 0.649. The van der Waals surface area contributed by atoms with Crippen molar-refractivity contribution in [1.82, 2.24) is 5.32 Å². The summed E-state index contributed by atoms with van der Waals surface area (Å²) in [6.07, 6.45) is 0.823. The largest absolute Gasteiger partial charge is 0.481 e. The molecule has 0 aliphatic carbocycles. The van der Waals surface area contributed by atoms with Gasteiger partial charge in [0, 0.05) is 23.1 Å². The zero-order valence-electron chi connectivity index (χ0n) is 8.99. The van der Waals surface area contributed by atoms with Crippen LogP contribution >= 0.6 is 0 Å². The molecule has 6 heteroatoms. The predicted octanol–water partition coefficient (Wildman–Crippen LogP) is -0.0180. The monoisotopic (exact) mass is 235 g/mol. The van der Waals surface area contributed by atoms with Crippen molar-refractivity contribution in [3.05, 3.63) is 0 Å². The van der Waals surface area contributed by atoms with E-state index in [9.17, 15) is 13.8 Å². The van der Waals surface area contributed by atoms with E-state index in [1.165, 1.54) is 6.92 Å². The highest BCUT2D eigenvalue weighted by Gasteiger charge is 2.16. The summed E-state index contributed by atoms with van der Waals surface area (Å²) in [7, 11) is -1.40. The maximum absolute atomic E-state index is 11.3. The molecule has 88 valence electrons. The molecule has 0 radical (unpaired) electrons. The Labute approximate surface area is 91.7 Å². The molecule has 1 amide bonds. The number of carbonyl (C=O) groups is 2. The van der Waals surface area contributed by atoms with Crippen molar-refractivity contribution in [3.8, 4) is 0 Å². The first kappa shape index (κ1) is 14.1. The lowest BCUT2D eigenvalue weighted by molar-refractivity contribution is -0.140. The van der Waals surface area contributed by atoms with Gasteiger partial charge in [0.15, 0.2) is 0 Å². The Balaban J connectivity index is 3.83. The van der Waals surface area contributed by atoms with Crippen molar-refractivity contribution in [2.24, 2.45) is 5.92 Å². The summed E-state index contributed by atoms with van der Waals surface area (Å²) in [5.74, 6) is -2.04. The third-order valence-corrected chi connectivity index (χ3v) is 3.18. The molecule has 2 N–H and O–H groups in total. The van der Waals surface area contributed by atoms with E-state index >= 15 is 0 Å². The molecule has 0 fully saturated rings. The van der Waals surface area contributed by atoms with Gasteiger partial charge in [0.2, 0.25) is 5.91 Å². The molecule has 2 atom stereocenters. The Morgan fingerprint density at radius 3 is 2.53 bits per heavy atom. The van der Waals surface area contributed by atoms with E-state index < -0.39 is 22.7 Å². The smallest absolute Gasteiger partial charge is 0.307 e. The average Bonchev–Trinajstić information content (AvgIpc) is 2.14. The number of amides is 1. The summed E-state index contributed by atoms with van der Waals surface area (Å²) >= 11 is 0. The van der Waals surface area contributed by atoms with Crippen LogP contribution in [0.2, 0.25) is 0 Å². The van der Waals surface area contributed by atoms with E-state index in [2.05, 4.69) is 5.32 Å². The van der Waals surface area contributed by atoms with Crippen LogP contribution in [0.5, 0.6) is 0 Å². The van der Waals surface area contributed by atoms with Gasteiger partial charge in [-0.2, -0.15) is 0 Å². The van der Waals surface area contributed by atoms with Gasteiger partial charge in [0.25, 0.3) is 0 Å². The van der Waals surface area contributed by atoms with E-state index in [-0.39, 0.29) is 17.4 Å². The van der Waals surface area contributed by atoms with Crippen LogP contribution < -0.4 is 5.32 Å². The lowest BCUT2D eigenvalue weighted by Gasteiger charge is -2.06. The minimum absolute atomic E-state index is 0.0227. The third kappa shape index (κ3) is 7.07. The molecule has 2 unspecified atom stereocenters. The lowest BCUT2D eigenvalue weighted by Crippen LogP contribution is -2.31. The second-order valence-electron chi connectivity index (χ2n) is 3.34. The van der Waals surface area contributed by atoms with Crippen LogP contribution in [0.15, 0.2) is 0 Å². The summed E-state index contributed by atoms with van der Waals surface area (Å²) in [6, 6.07) is 0. The highest BCUT2D eigenvalue weighted by molar-refractivity contribution is 7.85. The molecule has 0 saturated carbocycles. The van der Waals surface area contributed by atoms with Gasteiger partial charge in [-0.25, -0.2) is 0 Å². The van der Waals surface area contributed by atoms with Crippen molar-refractivity contribution in [2.45, 2.75) is 20.3 Å². The number of nitrogens with one attached hydrogen (secondary N) is 1. The van der Waals surface area contributed by atoms with Crippen LogP contribution in [-0.4, -0.2) is 39.2 Å². The van der Waals surface area contributed by atoms with E-state index in [0.717, 1.165) is 6.42 Å². The van der Waals surface area contributed by atoms with Crippen LogP contribution in [0.4, 0.5) is 0 Å². The van der Waals surface area contributed by atoms with Gasteiger partial charge in [0.05, 0.1) is 5.92 Å². The first-order chi connectivity index (χ1) is 6.97. The SMILES string of the molecule is CCCNC(=O)CS(=O)CC(C)C(=O)O. The Morgan fingerprint density at radius 1 is 1.47 bits per heavy atom. The molecule has 0 saturated heterocycles. The highest BCUT2D eigenvalue weighted by Crippen LogP contribution is 1.98. The number of carboxylic acids is 1. The van der Waals surface area contributed by atoms with Crippen molar-refractivity contribution in [1.29, 1.82) is 0 Å². The van der Waals surface area contributed by atoms with Crippen molar-refractivity contribution in [2.75, 3.05) is 18.1 Å². The summed E-state index contributed by atoms with van der Waals surface area (Å²) in [4.78, 5) is 21.6. The second kappa shape index (κ2) is 7.39. The molecule has 0 aromatic rings. The molecular formula is C9H17NO4S. The third-order valence-electron chi connectivity index (χ3n) is 1.72. The van der Waals surface area contributed by atoms with Crippen LogP contribution in [0.25, 0.3) is 0 Å². The van der Waals surface area contributed by atoms with Gasteiger partial charge >= 0.3 is 5.97 Å². The number of carboxylic acid groups (broad SMARTS) is 1. The molecule has 0 aliphatic rings. The van der Waals surface area contributed by atoms with Gasteiger partial charge in [-0.05, 0) is 6.42 Å². The number of aliphatic carboxylic acids is 1. The van der Waals surface area contributed by atoms with E-state index in [1.54, 1.807) is 0 Å². The number of hydrogen-bond acceptors (Lipinski definition) is 3. The molecule has 0 aromatic heterocycles. The average molecular weight is 235 g/mol. The highest BCUT2D eigenvalue weighted by atomic mass is 32.2. The first-order valence-corrected chi connectivity index (χ1v) is 6.30. The van der Waals surface area contributed by atoms with Gasteiger partial charge in [0.1, 0.15) is 5.75 Å². The molecule has 0 spiro atoms. The van der Waals surface area contributed by atoms with Gasteiger partial charge in [-0.1, -0.05) is 13.8 Å². The fraction of sp³-hybridized carbons (Fsp3) is 0.778.